The van der Waals surface area contributed by atoms with Crippen LogP contribution in [0.2, 0.25) is 0 Å². The summed E-state index contributed by atoms with van der Waals surface area (Å²) in [6.07, 6.45) is 1.43. The molecule has 10 nitrogen and oxygen atoms in total. The lowest BCUT2D eigenvalue weighted by molar-refractivity contribution is -0.384. The zero-order valence-electron chi connectivity index (χ0n) is 22.5. The van der Waals surface area contributed by atoms with Gasteiger partial charge in [0.05, 0.1) is 16.7 Å². The smallest absolute Gasteiger partial charge is 0.269 e. The summed E-state index contributed by atoms with van der Waals surface area (Å²) in [7, 11) is 0. The van der Waals surface area contributed by atoms with Gasteiger partial charge in [0.15, 0.2) is 0 Å². The van der Waals surface area contributed by atoms with E-state index in [0.717, 1.165) is 16.7 Å². The second-order valence-electron chi connectivity index (χ2n) is 9.87. The second-order valence-corrected chi connectivity index (χ2v) is 9.87. The number of allylic oxidation sites excluding steroid dienone is 1. The van der Waals surface area contributed by atoms with Gasteiger partial charge in [-0.25, -0.2) is 4.68 Å². The van der Waals surface area contributed by atoms with Gasteiger partial charge in [-0.1, -0.05) is 42.0 Å². The first-order valence-electron chi connectivity index (χ1n) is 12.7. The van der Waals surface area contributed by atoms with E-state index in [1.807, 2.05) is 57.2 Å². The van der Waals surface area contributed by atoms with Gasteiger partial charge in [-0.05, 0) is 62.6 Å². The van der Waals surface area contributed by atoms with Crippen LogP contribution in [-0.4, -0.2) is 26.5 Å². The first-order chi connectivity index (χ1) is 19.1. The Kier molecular flexibility index (Phi) is 6.91. The summed E-state index contributed by atoms with van der Waals surface area (Å²) < 4.78 is 1.52. The van der Waals surface area contributed by atoms with Crippen LogP contribution in [0.15, 0.2) is 84.2 Å². The topological polar surface area (TPSA) is 131 Å². The van der Waals surface area contributed by atoms with Crippen molar-refractivity contribution >= 4 is 34.7 Å². The van der Waals surface area contributed by atoms with E-state index in [-0.39, 0.29) is 23.1 Å². The average Bonchev–Trinajstić information content (AvgIpc) is 3.33. The number of anilines is 3. The van der Waals surface area contributed by atoms with Gasteiger partial charge in [-0.2, -0.15) is 5.10 Å². The molecular formula is C30H28N6O4. The monoisotopic (exact) mass is 536 g/mol. The number of aromatic nitrogens is 2. The zero-order valence-corrected chi connectivity index (χ0v) is 22.5. The fourth-order valence-electron chi connectivity index (χ4n) is 4.90. The summed E-state index contributed by atoms with van der Waals surface area (Å²) in [6.45, 7) is 7.55. The molecule has 1 aromatic heterocycles. The largest absolute Gasteiger partial charge is 0.343 e. The van der Waals surface area contributed by atoms with Gasteiger partial charge in [0.25, 0.3) is 17.5 Å². The number of fused-ring (bicyclic) bond motifs is 1. The normalized spacial score (nSPS) is 14.2. The highest BCUT2D eigenvalue weighted by atomic mass is 16.6. The molecule has 202 valence electrons. The molecular weight excluding hydrogens is 508 g/mol. The van der Waals surface area contributed by atoms with Crippen LogP contribution in [0.25, 0.3) is 0 Å². The third kappa shape index (κ3) is 5.06. The predicted molar refractivity (Wildman–Crippen MR) is 153 cm³/mol. The van der Waals surface area contributed by atoms with E-state index in [9.17, 15) is 19.7 Å². The van der Waals surface area contributed by atoms with Crippen LogP contribution in [0.4, 0.5) is 22.9 Å². The summed E-state index contributed by atoms with van der Waals surface area (Å²) in [5, 5.41) is 25.1. The molecule has 0 spiro atoms. The number of nitrogens with zero attached hydrogens (tertiary/aromatic N) is 3. The predicted octanol–water partition coefficient (Wildman–Crippen LogP) is 5.90. The standard InChI is InChI=1S/C30H28N6O4/c1-17-7-5-9-22(14-17)33-29(37)24-16-31-35-27(21-8-6-10-23(15-21)36(39)40)26(20(4)32-28(24)35)30(38)34-25-12-11-18(2)13-19(25)3/h5-16,27,32H,1-4H3,(H,33,37)(H,34,38). The number of hydrogen-bond acceptors (Lipinski definition) is 6. The van der Waals surface area contributed by atoms with E-state index >= 15 is 0 Å². The molecule has 0 saturated carbocycles. The van der Waals surface area contributed by atoms with Gasteiger partial charge < -0.3 is 16.0 Å². The number of non-ortho nitro benzene ring substituents is 1. The molecule has 2 heterocycles. The molecule has 4 aromatic rings. The summed E-state index contributed by atoms with van der Waals surface area (Å²) in [5.41, 5.74) is 5.70. The van der Waals surface area contributed by atoms with Gasteiger partial charge in [-0.3, -0.25) is 19.7 Å². The van der Waals surface area contributed by atoms with Crippen molar-refractivity contribution in [3.63, 3.8) is 0 Å². The van der Waals surface area contributed by atoms with Crippen molar-refractivity contribution in [2.75, 3.05) is 16.0 Å². The van der Waals surface area contributed by atoms with Crippen LogP contribution in [0.3, 0.4) is 0 Å². The summed E-state index contributed by atoms with van der Waals surface area (Å²) in [6, 6.07) is 18.4. The molecule has 10 heteroatoms. The Bertz CT molecular complexity index is 1700. The minimum atomic E-state index is -0.831. The minimum Gasteiger partial charge on any atom is -0.343 e. The number of carbonyl (C=O) groups excluding carboxylic acids is 2. The molecule has 1 unspecified atom stereocenters. The maximum atomic E-state index is 13.8. The van der Waals surface area contributed by atoms with Gasteiger partial charge in [-0.15, -0.1) is 0 Å². The van der Waals surface area contributed by atoms with Gasteiger partial charge in [0.1, 0.15) is 17.4 Å². The van der Waals surface area contributed by atoms with Crippen molar-refractivity contribution in [3.05, 3.63) is 122 Å². The number of nitro groups is 1. The molecule has 0 saturated heterocycles. The fraction of sp³-hybridized carbons (Fsp3) is 0.167. The second kappa shape index (κ2) is 10.5. The van der Waals surface area contributed by atoms with E-state index < -0.39 is 11.0 Å². The molecule has 0 bridgehead atoms. The number of aryl methyl sites for hydroxylation is 3. The summed E-state index contributed by atoms with van der Waals surface area (Å²) >= 11 is 0. The lowest BCUT2D eigenvalue weighted by Crippen LogP contribution is -2.32. The van der Waals surface area contributed by atoms with Crippen LogP contribution in [0.5, 0.6) is 0 Å². The maximum Gasteiger partial charge on any atom is 0.269 e. The molecule has 1 aliphatic heterocycles. The molecule has 2 amide bonds. The lowest BCUT2D eigenvalue weighted by atomic mass is 9.94. The van der Waals surface area contributed by atoms with Crippen LogP contribution >= 0.6 is 0 Å². The Morgan fingerprint density at radius 3 is 2.40 bits per heavy atom. The summed E-state index contributed by atoms with van der Waals surface area (Å²) in [5.74, 6) is -0.393. The van der Waals surface area contributed by atoms with Crippen LogP contribution in [-0.2, 0) is 4.79 Å². The first kappa shape index (κ1) is 26.4. The molecule has 0 aliphatic carbocycles. The Balaban J connectivity index is 1.58. The maximum absolute atomic E-state index is 13.8. The van der Waals surface area contributed by atoms with Crippen molar-refractivity contribution < 1.29 is 14.5 Å². The van der Waals surface area contributed by atoms with Gasteiger partial charge >= 0.3 is 0 Å². The molecule has 0 radical (unpaired) electrons. The van der Waals surface area contributed by atoms with Crippen LogP contribution < -0.4 is 16.0 Å². The van der Waals surface area contributed by atoms with Crippen molar-refractivity contribution in [2.45, 2.75) is 33.7 Å². The third-order valence-corrected chi connectivity index (χ3v) is 6.82. The minimum absolute atomic E-state index is 0.117. The SMILES string of the molecule is CC1=C(C(=O)Nc2ccc(C)cc2C)C(c2cccc([N+](=O)[O-])c2)n2ncc(C(=O)Nc3cccc(C)c3)c2N1. The fourth-order valence-corrected chi connectivity index (χ4v) is 4.90. The molecule has 40 heavy (non-hydrogen) atoms. The Hall–Kier alpha value is -5.25. The Morgan fingerprint density at radius 1 is 0.925 bits per heavy atom. The molecule has 5 rings (SSSR count). The lowest BCUT2D eigenvalue weighted by Gasteiger charge is -2.30. The van der Waals surface area contributed by atoms with Crippen molar-refractivity contribution in [2.24, 2.45) is 0 Å². The molecule has 3 N–H and O–H groups in total. The Labute approximate surface area is 230 Å². The number of benzene rings is 3. The first-order valence-corrected chi connectivity index (χ1v) is 12.7. The van der Waals surface area contributed by atoms with Crippen molar-refractivity contribution in [1.29, 1.82) is 0 Å². The third-order valence-electron chi connectivity index (χ3n) is 6.82. The van der Waals surface area contributed by atoms with Crippen LogP contribution in [0, 0.1) is 30.9 Å². The number of carbonyl (C=O) groups is 2. The molecule has 0 fully saturated rings. The number of nitro benzene ring substituents is 1. The van der Waals surface area contributed by atoms with E-state index in [0.29, 0.717) is 34.0 Å². The number of hydrogen-bond donors (Lipinski definition) is 3. The number of amides is 2. The van der Waals surface area contributed by atoms with E-state index in [2.05, 4.69) is 21.0 Å². The van der Waals surface area contributed by atoms with Gasteiger partial charge in [0, 0.05) is 29.2 Å². The number of rotatable bonds is 6. The van der Waals surface area contributed by atoms with Crippen molar-refractivity contribution in [3.8, 4) is 0 Å². The highest BCUT2D eigenvalue weighted by Gasteiger charge is 2.36. The quantitative estimate of drug-likeness (QED) is 0.208. The highest BCUT2D eigenvalue weighted by Crippen LogP contribution is 2.39. The van der Waals surface area contributed by atoms with E-state index in [4.69, 9.17) is 0 Å². The summed E-state index contributed by atoms with van der Waals surface area (Å²) in [4.78, 5) is 38.2. The molecule has 3 aromatic carbocycles. The van der Waals surface area contributed by atoms with Gasteiger partial charge in [0.2, 0.25) is 0 Å². The number of nitrogens with one attached hydrogen (secondary N) is 3. The van der Waals surface area contributed by atoms with E-state index in [1.165, 1.54) is 23.0 Å². The van der Waals surface area contributed by atoms with E-state index in [1.54, 1.807) is 25.1 Å². The molecule has 1 atom stereocenters. The van der Waals surface area contributed by atoms with Crippen molar-refractivity contribution in [1.82, 2.24) is 9.78 Å². The zero-order chi connectivity index (χ0) is 28.6. The highest BCUT2D eigenvalue weighted by molar-refractivity contribution is 6.09. The Morgan fingerprint density at radius 2 is 1.68 bits per heavy atom. The van der Waals surface area contributed by atoms with Crippen LogP contribution in [0.1, 0.15) is 45.6 Å². The molecule has 1 aliphatic rings. The average molecular weight is 537 g/mol.